The van der Waals surface area contributed by atoms with Gasteiger partial charge in [0.05, 0.1) is 0 Å². The van der Waals surface area contributed by atoms with Crippen molar-refractivity contribution in [1.29, 1.82) is 0 Å². The lowest BCUT2D eigenvalue weighted by atomic mass is 9.92. The van der Waals surface area contributed by atoms with Crippen LogP contribution in [0.5, 0.6) is 0 Å². The first-order chi connectivity index (χ1) is 10.4. The number of nitrogens with zero attached hydrogens (tertiary/aromatic N) is 3. The van der Waals surface area contributed by atoms with Gasteiger partial charge >= 0.3 is 0 Å². The van der Waals surface area contributed by atoms with Gasteiger partial charge in [-0.15, -0.1) is 11.3 Å². The number of rotatable bonds is 3. The van der Waals surface area contributed by atoms with E-state index in [1.807, 2.05) is 38.4 Å². The topological polar surface area (TPSA) is 83.6 Å². The summed E-state index contributed by atoms with van der Waals surface area (Å²) in [6, 6.07) is 1.92. The van der Waals surface area contributed by atoms with Gasteiger partial charge in [0.1, 0.15) is 23.4 Å². The van der Waals surface area contributed by atoms with E-state index >= 15 is 0 Å². The van der Waals surface area contributed by atoms with Gasteiger partial charge in [-0.05, 0) is 11.5 Å². The number of hydrogen-bond acceptors (Lipinski definition) is 5. The Balaban J connectivity index is 1.82. The highest BCUT2D eigenvalue weighted by molar-refractivity contribution is 7.14. The zero-order valence-corrected chi connectivity index (χ0v) is 13.5. The Hall–Kier alpha value is -2.28. The van der Waals surface area contributed by atoms with Crippen LogP contribution >= 0.6 is 11.3 Å². The van der Waals surface area contributed by atoms with Crippen molar-refractivity contribution < 1.29 is 4.79 Å². The lowest BCUT2D eigenvalue weighted by Crippen LogP contribution is -2.19. The van der Waals surface area contributed by atoms with Crippen molar-refractivity contribution in [3.8, 4) is 11.4 Å². The molecule has 0 bridgehead atoms. The molecule has 0 saturated carbocycles. The monoisotopic (exact) mass is 315 g/mol. The molecular weight excluding hydrogens is 298 g/mol. The number of fused-ring (bicyclic) bond motifs is 1. The number of amides is 1. The second kappa shape index (κ2) is 5.49. The lowest BCUT2D eigenvalue weighted by molar-refractivity contribution is -0.117. The Morgan fingerprint density at radius 2 is 2.18 bits per heavy atom. The molecule has 1 amide bonds. The molecule has 22 heavy (non-hydrogen) atoms. The quantitative estimate of drug-likeness (QED) is 0.775. The van der Waals surface area contributed by atoms with E-state index in [0.717, 1.165) is 22.4 Å². The molecule has 0 fully saturated rings. The van der Waals surface area contributed by atoms with Crippen LogP contribution in [0.2, 0.25) is 0 Å². The number of aromatic amines is 1. The van der Waals surface area contributed by atoms with Crippen molar-refractivity contribution in [3.63, 3.8) is 0 Å². The van der Waals surface area contributed by atoms with Crippen LogP contribution in [-0.4, -0.2) is 25.8 Å². The number of anilines is 1. The first-order valence-electron chi connectivity index (χ1n) is 6.96. The van der Waals surface area contributed by atoms with Gasteiger partial charge in [0.2, 0.25) is 5.91 Å². The summed E-state index contributed by atoms with van der Waals surface area (Å²) >= 11 is 1.40. The van der Waals surface area contributed by atoms with E-state index in [0.29, 0.717) is 11.6 Å². The van der Waals surface area contributed by atoms with E-state index in [2.05, 4.69) is 25.3 Å². The Labute approximate surface area is 132 Å². The van der Waals surface area contributed by atoms with Gasteiger partial charge in [-0.25, -0.2) is 15.0 Å². The Morgan fingerprint density at radius 1 is 1.36 bits per heavy atom. The highest BCUT2D eigenvalue weighted by Gasteiger charge is 2.17. The zero-order valence-electron chi connectivity index (χ0n) is 12.7. The van der Waals surface area contributed by atoms with Crippen LogP contribution < -0.4 is 5.32 Å². The van der Waals surface area contributed by atoms with Crippen LogP contribution in [-0.2, 0) is 4.79 Å². The highest BCUT2D eigenvalue weighted by Crippen LogP contribution is 2.28. The number of carbonyl (C=O) groups excluding carboxylic acids is 1. The van der Waals surface area contributed by atoms with Crippen LogP contribution in [0.4, 0.5) is 5.13 Å². The molecule has 3 aromatic rings. The second-order valence-corrected chi connectivity index (χ2v) is 7.14. The molecule has 6 nitrogen and oxygen atoms in total. The predicted octanol–water partition coefficient (Wildman–Crippen LogP) is 3.46. The van der Waals surface area contributed by atoms with Crippen LogP contribution in [0.1, 0.15) is 27.2 Å². The third-order valence-electron chi connectivity index (χ3n) is 3.04. The number of carbonyl (C=O) groups is 1. The summed E-state index contributed by atoms with van der Waals surface area (Å²) in [5.74, 6) is -0.0251. The maximum Gasteiger partial charge on any atom is 0.226 e. The van der Waals surface area contributed by atoms with E-state index in [9.17, 15) is 4.79 Å². The maximum atomic E-state index is 12.0. The molecule has 3 rings (SSSR count). The third kappa shape index (κ3) is 3.14. The van der Waals surface area contributed by atoms with E-state index in [1.165, 1.54) is 17.7 Å². The Bertz CT molecular complexity index is 815. The summed E-state index contributed by atoms with van der Waals surface area (Å²) in [4.78, 5) is 27.9. The average Bonchev–Trinajstić information content (AvgIpc) is 3.04. The smallest absolute Gasteiger partial charge is 0.226 e. The minimum Gasteiger partial charge on any atom is -0.346 e. The van der Waals surface area contributed by atoms with Crippen molar-refractivity contribution in [3.05, 3.63) is 24.0 Å². The normalized spacial score (nSPS) is 11.8. The van der Waals surface area contributed by atoms with E-state index in [4.69, 9.17) is 0 Å². The first-order valence-corrected chi connectivity index (χ1v) is 7.84. The summed E-state index contributed by atoms with van der Waals surface area (Å²) in [6.45, 7) is 6.09. The van der Waals surface area contributed by atoms with Crippen molar-refractivity contribution >= 4 is 33.4 Å². The minimum atomic E-state index is -0.0475. The largest absolute Gasteiger partial charge is 0.346 e. The Morgan fingerprint density at radius 3 is 2.95 bits per heavy atom. The summed E-state index contributed by atoms with van der Waals surface area (Å²) in [6.07, 6.45) is 3.78. The number of thiazole rings is 1. The van der Waals surface area contributed by atoms with Gasteiger partial charge < -0.3 is 10.3 Å². The summed E-state index contributed by atoms with van der Waals surface area (Å²) in [5, 5.41) is 6.24. The van der Waals surface area contributed by atoms with E-state index in [1.54, 1.807) is 0 Å². The highest BCUT2D eigenvalue weighted by atomic mass is 32.1. The van der Waals surface area contributed by atoms with Crippen molar-refractivity contribution in [2.24, 2.45) is 5.41 Å². The molecule has 0 spiro atoms. The number of aromatic nitrogens is 4. The van der Waals surface area contributed by atoms with Crippen molar-refractivity contribution in [2.45, 2.75) is 27.2 Å². The first kappa shape index (κ1) is 14.6. The third-order valence-corrected chi connectivity index (χ3v) is 3.80. The lowest BCUT2D eigenvalue weighted by Gasteiger charge is -2.16. The van der Waals surface area contributed by atoms with Gasteiger partial charge in [-0.2, -0.15) is 0 Å². The molecule has 3 aromatic heterocycles. The molecule has 7 heteroatoms. The minimum absolute atomic E-state index is 0.0251. The molecule has 0 aliphatic heterocycles. The predicted molar refractivity (Wildman–Crippen MR) is 87.7 cm³/mol. The van der Waals surface area contributed by atoms with Gasteiger partial charge in [-0.1, -0.05) is 20.8 Å². The SMILES string of the molecule is CC(C)(C)CC(=O)Nc1nc(-c2ncnc3[nH]ccc23)cs1. The summed E-state index contributed by atoms with van der Waals surface area (Å²) < 4.78 is 0. The van der Waals surface area contributed by atoms with E-state index in [-0.39, 0.29) is 11.3 Å². The fourth-order valence-electron chi connectivity index (χ4n) is 2.16. The van der Waals surface area contributed by atoms with Crippen LogP contribution in [0.3, 0.4) is 0 Å². The van der Waals surface area contributed by atoms with Crippen LogP contribution in [0, 0.1) is 5.41 Å². The molecule has 0 unspecified atom stereocenters. The maximum absolute atomic E-state index is 12.0. The second-order valence-electron chi connectivity index (χ2n) is 6.29. The van der Waals surface area contributed by atoms with Crippen LogP contribution in [0.15, 0.2) is 24.0 Å². The molecule has 0 saturated heterocycles. The summed E-state index contributed by atoms with van der Waals surface area (Å²) in [7, 11) is 0. The fraction of sp³-hybridized carbons (Fsp3) is 0.333. The van der Waals surface area contributed by atoms with Gasteiger partial charge in [-0.3, -0.25) is 4.79 Å². The molecule has 3 heterocycles. The molecular formula is C15H17N5OS. The molecule has 0 radical (unpaired) electrons. The number of nitrogens with one attached hydrogen (secondary N) is 2. The fourth-order valence-corrected chi connectivity index (χ4v) is 2.87. The van der Waals surface area contributed by atoms with Gasteiger partial charge in [0.25, 0.3) is 0 Å². The van der Waals surface area contributed by atoms with Crippen LogP contribution in [0.25, 0.3) is 22.4 Å². The zero-order chi connectivity index (χ0) is 15.7. The molecule has 0 aromatic carbocycles. The number of H-pyrrole nitrogens is 1. The molecule has 0 aliphatic carbocycles. The van der Waals surface area contributed by atoms with Crippen molar-refractivity contribution in [1.82, 2.24) is 19.9 Å². The molecule has 2 N–H and O–H groups in total. The average molecular weight is 315 g/mol. The molecule has 0 atom stereocenters. The van der Waals surface area contributed by atoms with Crippen molar-refractivity contribution in [2.75, 3.05) is 5.32 Å². The van der Waals surface area contributed by atoms with Gasteiger partial charge in [0, 0.05) is 23.4 Å². The van der Waals surface area contributed by atoms with E-state index < -0.39 is 0 Å². The number of hydrogen-bond donors (Lipinski definition) is 2. The standard InChI is InChI=1S/C15H17N5OS/c1-15(2,3)6-11(21)20-14-19-10(7-22-14)12-9-4-5-16-13(9)18-8-17-12/h4-5,7-8H,6H2,1-3H3,(H,16,17,18)(H,19,20,21). The summed E-state index contributed by atoms with van der Waals surface area (Å²) in [5.41, 5.74) is 2.23. The van der Waals surface area contributed by atoms with Gasteiger partial charge in [0.15, 0.2) is 5.13 Å². The molecule has 0 aliphatic rings. The Kier molecular flexibility index (Phi) is 3.66. The molecule has 114 valence electrons.